The molecule has 4 heteroatoms. The van der Waals surface area contributed by atoms with Crippen LogP contribution in [0.2, 0.25) is 0 Å². The molecule has 4 nitrogen and oxygen atoms in total. The van der Waals surface area contributed by atoms with Gasteiger partial charge in [-0.05, 0) is 24.0 Å². The third-order valence-electron chi connectivity index (χ3n) is 2.48. The first-order valence-corrected chi connectivity index (χ1v) is 4.78. The number of anilines is 1. The normalized spacial score (nSPS) is 11.5. The lowest BCUT2D eigenvalue weighted by Gasteiger charge is -2.19. The molecular weight excluding hydrogens is 192 g/mol. The molecule has 0 atom stereocenters. The minimum atomic E-state index is -0.388. The van der Waals surface area contributed by atoms with E-state index in [2.05, 4.69) is 0 Å². The van der Waals surface area contributed by atoms with Gasteiger partial charge in [0.2, 0.25) is 0 Å². The van der Waals surface area contributed by atoms with Crippen LogP contribution in [0.4, 0.5) is 11.4 Å². The summed E-state index contributed by atoms with van der Waals surface area (Å²) in [6.07, 6.45) is 0. The van der Waals surface area contributed by atoms with Crippen molar-refractivity contribution in [1.29, 1.82) is 0 Å². The fourth-order valence-electron chi connectivity index (χ4n) is 1.34. The van der Waals surface area contributed by atoms with Gasteiger partial charge in [0, 0.05) is 17.3 Å². The summed E-state index contributed by atoms with van der Waals surface area (Å²) in [6.45, 7) is 7.67. The summed E-state index contributed by atoms with van der Waals surface area (Å²) < 4.78 is 0. The molecule has 0 heterocycles. The standard InChI is InChI=1S/C11H16N2O2/c1-7-9(12)5-8(11(2,3)4)6-10(7)13(14)15/h5-6H,12H2,1-4H3. The maximum atomic E-state index is 10.8. The van der Waals surface area contributed by atoms with Gasteiger partial charge in [0.05, 0.1) is 4.92 Å². The van der Waals surface area contributed by atoms with Crippen LogP contribution in [-0.4, -0.2) is 4.92 Å². The molecule has 0 aromatic heterocycles. The van der Waals surface area contributed by atoms with Crippen molar-refractivity contribution in [3.8, 4) is 0 Å². The summed E-state index contributed by atoms with van der Waals surface area (Å²) in [4.78, 5) is 10.4. The lowest BCUT2D eigenvalue weighted by Crippen LogP contribution is -2.12. The molecule has 1 aromatic rings. The summed E-state index contributed by atoms with van der Waals surface area (Å²) in [5, 5.41) is 10.8. The average Bonchev–Trinajstić information content (AvgIpc) is 2.06. The Bertz CT molecular complexity index is 406. The Morgan fingerprint density at radius 2 is 1.87 bits per heavy atom. The van der Waals surface area contributed by atoms with Gasteiger partial charge in [-0.25, -0.2) is 0 Å². The number of hydrogen-bond donors (Lipinski definition) is 1. The average molecular weight is 208 g/mol. The minimum absolute atomic E-state index is 0.0972. The molecule has 1 rings (SSSR count). The molecule has 0 fully saturated rings. The summed E-state index contributed by atoms with van der Waals surface area (Å²) in [6, 6.07) is 3.41. The molecule has 0 radical (unpaired) electrons. The zero-order valence-corrected chi connectivity index (χ0v) is 9.50. The summed E-state index contributed by atoms with van der Waals surface area (Å²) in [7, 11) is 0. The zero-order chi connectivity index (χ0) is 11.8. The van der Waals surface area contributed by atoms with Gasteiger partial charge in [-0.15, -0.1) is 0 Å². The van der Waals surface area contributed by atoms with Crippen LogP contribution in [0, 0.1) is 17.0 Å². The van der Waals surface area contributed by atoms with Crippen molar-refractivity contribution in [3.63, 3.8) is 0 Å². The van der Waals surface area contributed by atoms with Crippen LogP contribution >= 0.6 is 0 Å². The third-order valence-corrected chi connectivity index (χ3v) is 2.48. The van der Waals surface area contributed by atoms with E-state index in [-0.39, 0.29) is 16.0 Å². The number of nitro groups is 1. The Labute approximate surface area is 89.2 Å². The highest BCUT2D eigenvalue weighted by Gasteiger charge is 2.21. The number of benzene rings is 1. The van der Waals surface area contributed by atoms with E-state index in [1.165, 1.54) is 0 Å². The summed E-state index contributed by atoms with van der Waals surface area (Å²) >= 11 is 0. The highest BCUT2D eigenvalue weighted by atomic mass is 16.6. The van der Waals surface area contributed by atoms with Crippen LogP contribution in [0.5, 0.6) is 0 Å². The molecule has 0 aliphatic heterocycles. The number of hydrogen-bond acceptors (Lipinski definition) is 3. The van der Waals surface area contributed by atoms with Crippen LogP contribution in [0.1, 0.15) is 31.9 Å². The molecule has 0 aliphatic rings. The van der Waals surface area contributed by atoms with E-state index >= 15 is 0 Å². The second-order valence-corrected chi connectivity index (χ2v) is 4.72. The molecule has 0 spiro atoms. The van der Waals surface area contributed by atoms with Gasteiger partial charge in [-0.1, -0.05) is 20.8 Å². The maximum absolute atomic E-state index is 10.8. The summed E-state index contributed by atoms with van der Waals surface area (Å²) in [5.74, 6) is 0. The van der Waals surface area contributed by atoms with Crippen molar-refractivity contribution in [2.45, 2.75) is 33.1 Å². The van der Waals surface area contributed by atoms with E-state index in [1.54, 1.807) is 13.0 Å². The van der Waals surface area contributed by atoms with E-state index in [9.17, 15) is 10.1 Å². The Kier molecular flexibility index (Phi) is 2.71. The number of nitrogens with two attached hydrogens (primary N) is 1. The second kappa shape index (κ2) is 3.53. The molecular formula is C11H16N2O2. The topological polar surface area (TPSA) is 69.2 Å². The van der Waals surface area contributed by atoms with Crippen LogP contribution in [-0.2, 0) is 5.41 Å². The van der Waals surface area contributed by atoms with Crippen molar-refractivity contribution in [1.82, 2.24) is 0 Å². The van der Waals surface area contributed by atoms with Gasteiger partial charge in [-0.2, -0.15) is 0 Å². The predicted molar refractivity (Wildman–Crippen MR) is 60.9 cm³/mol. The third kappa shape index (κ3) is 2.26. The molecule has 0 unspecified atom stereocenters. The fraction of sp³-hybridized carbons (Fsp3) is 0.455. The Morgan fingerprint density at radius 3 is 2.27 bits per heavy atom. The van der Waals surface area contributed by atoms with Gasteiger partial charge >= 0.3 is 0 Å². The Morgan fingerprint density at radius 1 is 1.33 bits per heavy atom. The monoisotopic (exact) mass is 208 g/mol. The van der Waals surface area contributed by atoms with E-state index < -0.39 is 0 Å². The smallest absolute Gasteiger partial charge is 0.274 e. The van der Waals surface area contributed by atoms with Crippen molar-refractivity contribution < 1.29 is 4.92 Å². The number of rotatable bonds is 1. The van der Waals surface area contributed by atoms with Crippen molar-refractivity contribution in [3.05, 3.63) is 33.4 Å². The van der Waals surface area contributed by atoms with Crippen LogP contribution in [0.25, 0.3) is 0 Å². The highest BCUT2D eigenvalue weighted by Crippen LogP contribution is 2.31. The molecule has 0 amide bonds. The largest absolute Gasteiger partial charge is 0.398 e. The molecule has 82 valence electrons. The van der Waals surface area contributed by atoms with Crippen molar-refractivity contribution in [2.24, 2.45) is 0 Å². The Balaban J connectivity index is 3.43. The van der Waals surface area contributed by atoms with E-state index in [0.29, 0.717) is 11.3 Å². The molecule has 15 heavy (non-hydrogen) atoms. The molecule has 0 aliphatic carbocycles. The Hall–Kier alpha value is -1.58. The van der Waals surface area contributed by atoms with Crippen molar-refractivity contribution in [2.75, 3.05) is 5.73 Å². The van der Waals surface area contributed by atoms with Crippen LogP contribution in [0.3, 0.4) is 0 Å². The molecule has 0 saturated carbocycles. The molecule has 0 bridgehead atoms. The van der Waals surface area contributed by atoms with Gasteiger partial charge < -0.3 is 5.73 Å². The predicted octanol–water partition coefficient (Wildman–Crippen LogP) is 2.78. The van der Waals surface area contributed by atoms with Crippen LogP contribution < -0.4 is 5.73 Å². The minimum Gasteiger partial charge on any atom is -0.398 e. The van der Waals surface area contributed by atoms with Gasteiger partial charge in [0.15, 0.2) is 0 Å². The summed E-state index contributed by atoms with van der Waals surface area (Å²) in [5.41, 5.74) is 7.62. The highest BCUT2D eigenvalue weighted by molar-refractivity contribution is 5.60. The number of nitro benzene ring substituents is 1. The molecule has 1 aromatic carbocycles. The molecule has 0 saturated heterocycles. The van der Waals surface area contributed by atoms with Crippen molar-refractivity contribution >= 4 is 11.4 Å². The van der Waals surface area contributed by atoms with Crippen LogP contribution in [0.15, 0.2) is 12.1 Å². The SMILES string of the molecule is Cc1c(N)cc(C(C)(C)C)cc1[N+](=O)[O-]. The first-order chi connectivity index (χ1) is 6.73. The maximum Gasteiger partial charge on any atom is 0.274 e. The number of nitrogen functional groups attached to an aromatic ring is 1. The lowest BCUT2D eigenvalue weighted by atomic mass is 9.86. The lowest BCUT2D eigenvalue weighted by molar-refractivity contribution is -0.385. The first kappa shape index (κ1) is 11.5. The van der Waals surface area contributed by atoms with Gasteiger partial charge in [0.1, 0.15) is 0 Å². The molecule has 2 N–H and O–H groups in total. The van der Waals surface area contributed by atoms with Gasteiger partial charge in [0.25, 0.3) is 5.69 Å². The first-order valence-electron chi connectivity index (χ1n) is 4.78. The van der Waals surface area contributed by atoms with E-state index in [1.807, 2.05) is 26.8 Å². The number of nitrogens with zero attached hydrogens (tertiary/aromatic N) is 1. The fourth-order valence-corrected chi connectivity index (χ4v) is 1.34. The van der Waals surface area contributed by atoms with Gasteiger partial charge in [-0.3, -0.25) is 10.1 Å². The van der Waals surface area contributed by atoms with E-state index in [4.69, 9.17) is 5.73 Å². The van der Waals surface area contributed by atoms with E-state index in [0.717, 1.165) is 5.56 Å². The second-order valence-electron chi connectivity index (χ2n) is 4.72. The zero-order valence-electron chi connectivity index (χ0n) is 9.50. The quantitative estimate of drug-likeness (QED) is 0.438.